The summed E-state index contributed by atoms with van der Waals surface area (Å²) in [4.78, 5) is 27.3. The Hall–Kier alpha value is -2.70. The Kier molecular flexibility index (Phi) is 12.9. The number of aryl methyl sites for hydroxylation is 1. The van der Waals surface area contributed by atoms with Crippen LogP contribution in [0.5, 0.6) is 5.75 Å². The Morgan fingerprint density at radius 2 is 1.90 bits per heavy atom. The molecule has 1 atom stereocenters. The van der Waals surface area contributed by atoms with Crippen LogP contribution in [-0.4, -0.2) is 70.6 Å². The van der Waals surface area contributed by atoms with Gasteiger partial charge in [-0.05, 0) is 0 Å². The number of carbonyl (C=O) groups excluding carboxylic acids is 2. The molecule has 1 fully saturated rings. The third-order valence-electron chi connectivity index (χ3n) is 7.52. The molecule has 0 unspecified atom stereocenters. The van der Waals surface area contributed by atoms with Crippen molar-refractivity contribution < 1.29 is 27.2 Å². The van der Waals surface area contributed by atoms with Gasteiger partial charge < -0.3 is 0 Å². The van der Waals surface area contributed by atoms with Crippen molar-refractivity contribution in [3.8, 4) is 5.75 Å². The fourth-order valence-electron chi connectivity index (χ4n) is 5.07. The molecule has 2 N–H and O–H groups in total. The summed E-state index contributed by atoms with van der Waals surface area (Å²) in [6, 6.07) is 5.76. The monoisotopic (exact) mass is 588 g/mol. The third kappa shape index (κ3) is 9.97. The van der Waals surface area contributed by atoms with Crippen molar-refractivity contribution in [2.75, 3.05) is 34.3 Å². The summed E-state index contributed by atoms with van der Waals surface area (Å²) in [5.74, 6) is 0.0431. The Morgan fingerprint density at radius 3 is 2.63 bits per heavy atom. The number of nitrogens with zero attached hydrogens (tertiary/aromatic N) is 2. The second-order valence-electron chi connectivity index (χ2n) is 10.8. The van der Waals surface area contributed by atoms with Crippen LogP contribution in [-0.2, 0) is 28.0 Å². The van der Waals surface area contributed by atoms with Crippen molar-refractivity contribution in [3.63, 3.8) is 0 Å². The Labute approximate surface area is 245 Å². The van der Waals surface area contributed by atoms with E-state index in [0.29, 0.717) is 30.7 Å². The van der Waals surface area contributed by atoms with Crippen LogP contribution in [0.15, 0.2) is 28.9 Å². The van der Waals surface area contributed by atoms with Gasteiger partial charge in [-0.2, -0.15) is 0 Å². The van der Waals surface area contributed by atoms with Crippen LogP contribution in [0.1, 0.15) is 97.8 Å². The Morgan fingerprint density at radius 1 is 1.15 bits per heavy atom. The number of hydrogen-bond acceptors (Lipinski definition) is 7. The van der Waals surface area contributed by atoms with Gasteiger partial charge in [0.25, 0.3) is 0 Å². The fourth-order valence-corrected chi connectivity index (χ4v) is 5.64. The first-order chi connectivity index (χ1) is 19.6. The van der Waals surface area contributed by atoms with Crippen LogP contribution in [0.25, 0.3) is 0 Å². The molecule has 0 saturated carbocycles. The van der Waals surface area contributed by atoms with E-state index in [-0.39, 0.29) is 18.4 Å². The number of likely N-dealkylation sites (tertiary alicyclic amines) is 1. The number of methoxy groups -OCH3 is 1. The van der Waals surface area contributed by atoms with Gasteiger partial charge in [0.1, 0.15) is 0 Å². The zero-order valence-corrected chi connectivity index (χ0v) is 25.7. The standard InChI is InChI=1S/C29H45BN4O6S/c1-5-6-7-8-9-10-17-31-29(36)25-21-40-28(30-25)26-12-11-18-34(26)20-23-19-24(39-4)15-13-22(23)14-16-27(35)32-41(37,38)33(2)3/h13,15,19,21,26H,5-12,14,16-18,20H2,1-4H3,(H,31,36)(H,32,35)/t26-/m0/s1. The molecule has 0 aliphatic carbocycles. The molecule has 226 valence electrons. The predicted octanol–water partition coefficient (Wildman–Crippen LogP) is 3.91. The zero-order chi connectivity index (χ0) is 29.8. The number of ether oxygens (including phenoxy) is 1. The number of nitrogens with one attached hydrogen (secondary N) is 2. The number of benzene rings is 1. The van der Waals surface area contributed by atoms with Crippen LogP contribution < -0.4 is 14.8 Å². The average molecular weight is 589 g/mol. The van der Waals surface area contributed by atoms with Gasteiger partial charge in [-0.15, -0.1) is 0 Å². The molecule has 0 radical (unpaired) electrons. The third-order valence-corrected chi connectivity index (χ3v) is 8.97. The van der Waals surface area contributed by atoms with Crippen LogP contribution in [0.3, 0.4) is 0 Å². The molecule has 1 aliphatic rings. The van der Waals surface area contributed by atoms with Gasteiger partial charge in [0.15, 0.2) is 0 Å². The SMILES string of the molecule is CCCCCCCCNC(=O)c1bc([C@@H]2CCCN2Cc2cc(OC)ccc2CCC(=O)NS(=O)(=O)N(C)C)oc1. The van der Waals surface area contributed by atoms with E-state index in [0.717, 1.165) is 53.3 Å². The second-order valence-corrected chi connectivity index (χ2v) is 12.7. The van der Waals surface area contributed by atoms with Gasteiger partial charge in [-0.25, -0.2) is 0 Å². The molecular weight excluding hydrogens is 543 g/mol. The average Bonchev–Trinajstić information content (AvgIpc) is 3.61. The molecule has 1 aliphatic heterocycles. The van der Waals surface area contributed by atoms with Crippen LogP contribution in [0.2, 0.25) is 0 Å². The molecule has 10 nitrogen and oxygen atoms in total. The summed E-state index contributed by atoms with van der Waals surface area (Å²) < 4.78 is 38.4. The molecular formula is C29H45BN4O6S. The molecule has 1 saturated heterocycles. The summed E-state index contributed by atoms with van der Waals surface area (Å²) in [7, 11) is 0.521. The van der Waals surface area contributed by atoms with E-state index in [1.165, 1.54) is 39.8 Å². The van der Waals surface area contributed by atoms with Gasteiger partial charge >= 0.3 is 232 Å². The number of carbonyl (C=O) groups is 2. The molecule has 2 aromatic rings. The van der Waals surface area contributed by atoms with Crippen LogP contribution in [0.4, 0.5) is 0 Å². The first kappa shape index (κ1) is 32.8. The Bertz CT molecular complexity index is 1250. The second kappa shape index (κ2) is 16.1. The van der Waals surface area contributed by atoms with Gasteiger partial charge in [0, 0.05) is 14.1 Å². The van der Waals surface area contributed by atoms with Crippen molar-refractivity contribution >= 4 is 28.9 Å². The summed E-state index contributed by atoms with van der Waals surface area (Å²) >= 11 is 0. The van der Waals surface area contributed by atoms with Crippen molar-refractivity contribution in [1.29, 1.82) is 0 Å². The first-order valence-corrected chi connectivity index (χ1v) is 16.1. The fraction of sp³-hybridized carbons (Fsp3) is 0.621. The van der Waals surface area contributed by atoms with Crippen LogP contribution >= 0.6 is 0 Å². The van der Waals surface area contributed by atoms with Gasteiger partial charge in [-0.3, -0.25) is 0 Å². The van der Waals surface area contributed by atoms with E-state index in [2.05, 4.69) is 21.9 Å². The molecule has 2 amide bonds. The predicted molar refractivity (Wildman–Crippen MR) is 160 cm³/mol. The normalized spacial score (nSPS) is 15.7. The molecule has 2 heterocycles. The van der Waals surface area contributed by atoms with Crippen LogP contribution in [0, 0.1) is 0 Å². The van der Waals surface area contributed by atoms with Gasteiger partial charge in [0.05, 0.1) is 0 Å². The van der Waals surface area contributed by atoms with Crippen molar-refractivity contribution in [2.24, 2.45) is 0 Å². The number of rotatable bonds is 17. The molecule has 0 bridgehead atoms. The maximum atomic E-state index is 12.7. The number of amides is 2. The van der Waals surface area contributed by atoms with Crippen molar-refractivity contribution in [3.05, 3.63) is 46.7 Å². The first-order valence-electron chi connectivity index (χ1n) is 14.6. The number of hydrogen-bond donors (Lipinski definition) is 2. The quantitative estimate of drug-likeness (QED) is 0.269. The Balaban J connectivity index is 1.61. The molecule has 0 spiro atoms. The summed E-state index contributed by atoms with van der Waals surface area (Å²) in [5.41, 5.74) is 3.26. The van der Waals surface area contributed by atoms with E-state index < -0.39 is 16.1 Å². The van der Waals surface area contributed by atoms with E-state index >= 15 is 0 Å². The maximum absolute atomic E-state index is 12.7. The number of unbranched alkanes of at least 4 members (excludes halogenated alkanes) is 5. The topological polar surface area (TPSA) is 121 Å². The molecule has 3 rings (SSSR count). The van der Waals surface area contributed by atoms with Gasteiger partial charge in [0.2, 0.25) is 0 Å². The van der Waals surface area contributed by atoms with E-state index in [4.69, 9.17) is 9.15 Å². The molecule has 1 aromatic heterocycles. The molecule has 41 heavy (non-hydrogen) atoms. The molecule has 1 aromatic carbocycles. The summed E-state index contributed by atoms with van der Waals surface area (Å²) in [6.07, 6.45) is 10.9. The summed E-state index contributed by atoms with van der Waals surface area (Å²) in [6.45, 7) is 6.19. The van der Waals surface area contributed by atoms with Gasteiger partial charge in [-0.1, -0.05) is 0 Å². The van der Waals surface area contributed by atoms with Crippen molar-refractivity contribution in [1.82, 2.24) is 19.2 Å². The minimum atomic E-state index is -3.83. The van der Waals surface area contributed by atoms with E-state index in [1.807, 2.05) is 25.1 Å². The minimum absolute atomic E-state index is 0.0303. The van der Waals surface area contributed by atoms with E-state index in [1.54, 1.807) is 13.4 Å². The summed E-state index contributed by atoms with van der Waals surface area (Å²) in [5, 5.41) is 3.01. The molecule has 12 heteroatoms. The van der Waals surface area contributed by atoms with E-state index in [9.17, 15) is 18.0 Å². The zero-order valence-electron chi connectivity index (χ0n) is 24.9. The van der Waals surface area contributed by atoms with Crippen molar-refractivity contribution in [2.45, 2.75) is 83.7 Å².